The van der Waals surface area contributed by atoms with Gasteiger partial charge in [-0.1, -0.05) is 0 Å². The third-order valence-electron chi connectivity index (χ3n) is 2.12. The average molecular weight is 344 g/mol. The second kappa shape index (κ2) is 4.78. The molecule has 0 unspecified atom stereocenters. The van der Waals surface area contributed by atoms with Crippen LogP contribution in [0.1, 0.15) is 5.69 Å². The summed E-state index contributed by atoms with van der Waals surface area (Å²) in [4.78, 5) is 26.5. The van der Waals surface area contributed by atoms with Crippen molar-refractivity contribution in [1.29, 1.82) is 0 Å². The fraction of sp³-hybridized carbons (Fsp3) is 0.200. The minimum Gasteiger partial charge on any atom is -0.481 e. The van der Waals surface area contributed by atoms with Gasteiger partial charge in [-0.05, 0) is 29.5 Å². The summed E-state index contributed by atoms with van der Waals surface area (Å²) in [5.41, 5.74) is 1.01. The fourth-order valence-electron chi connectivity index (χ4n) is 1.27. The van der Waals surface area contributed by atoms with Gasteiger partial charge in [-0.3, -0.25) is 4.79 Å². The van der Waals surface area contributed by atoms with Crippen molar-refractivity contribution in [3.8, 4) is 17.4 Å². The highest BCUT2D eigenvalue weighted by Gasteiger charge is 2.09. The highest BCUT2D eigenvalue weighted by atomic mass is 127. The maximum absolute atomic E-state index is 11.6. The maximum atomic E-state index is 11.6. The smallest absolute Gasteiger partial charge is 0.264 e. The first-order valence-electron chi connectivity index (χ1n) is 4.74. The number of methoxy groups -OCH3 is 1. The van der Waals surface area contributed by atoms with Crippen LogP contribution in [0, 0.1) is 10.5 Å². The molecule has 7 heteroatoms. The SMILES string of the molecule is COc1cc(-c2nc(C)c(I)c(=O)[nH]2)ncn1. The van der Waals surface area contributed by atoms with Crippen molar-refractivity contribution in [2.75, 3.05) is 7.11 Å². The monoisotopic (exact) mass is 344 g/mol. The molecule has 0 bridgehead atoms. The Labute approximate surface area is 111 Å². The van der Waals surface area contributed by atoms with E-state index in [-0.39, 0.29) is 5.56 Å². The molecule has 0 atom stereocenters. The van der Waals surface area contributed by atoms with Gasteiger partial charge in [0.15, 0.2) is 5.82 Å². The number of nitrogens with one attached hydrogen (secondary N) is 1. The molecule has 0 aliphatic heterocycles. The van der Waals surface area contributed by atoms with Gasteiger partial charge >= 0.3 is 0 Å². The molecular weight excluding hydrogens is 335 g/mol. The predicted octanol–water partition coefficient (Wildman–Crippen LogP) is 1.15. The second-order valence-corrected chi connectivity index (χ2v) is 4.34. The average Bonchev–Trinajstić information content (AvgIpc) is 2.35. The van der Waals surface area contributed by atoms with Crippen LogP contribution in [0.15, 0.2) is 17.2 Å². The van der Waals surface area contributed by atoms with Gasteiger partial charge in [0.25, 0.3) is 5.56 Å². The Kier molecular flexibility index (Phi) is 3.36. The molecule has 0 radical (unpaired) electrons. The molecule has 6 nitrogen and oxygen atoms in total. The van der Waals surface area contributed by atoms with Gasteiger partial charge < -0.3 is 9.72 Å². The lowest BCUT2D eigenvalue weighted by atomic mass is 10.3. The zero-order valence-corrected chi connectivity index (χ0v) is 11.3. The molecule has 0 saturated carbocycles. The zero-order valence-electron chi connectivity index (χ0n) is 9.19. The van der Waals surface area contributed by atoms with Gasteiger partial charge in [-0.15, -0.1) is 0 Å². The summed E-state index contributed by atoms with van der Waals surface area (Å²) >= 11 is 1.96. The lowest BCUT2D eigenvalue weighted by Gasteiger charge is -2.03. The Hall–Kier alpha value is -1.51. The molecule has 0 aromatic carbocycles. The van der Waals surface area contributed by atoms with E-state index < -0.39 is 0 Å². The van der Waals surface area contributed by atoms with Crippen molar-refractivity contribution in [3.63, 3.8) is 0 Å². The second-order valence-electron chi connectivity index (χ2n) is 3.26. The Bertz CT molecular complexity index is 611. The van der Waals surface area contributed by atoms with E-state index in [1.165, 1.54) is 13.4 Å². The third kappa shape index (κ3) is 2.43. The van der Waals surface area contributed by atoms with E-state index in [4.69, 9.17) is 4.74 Å². The van der Waals surface area contributed by atoms with Crippen molar-refractivity contribution in [3.05, 3.63) is 32.0 Å². The lowest BCUT2D eigenvalue weighted by molar-refractivity contribution is 0.397. The number of H-pyrrole nitrogens is 1. The molecule has 0 saturated heterocycles. The third-order valence-corrected chi connectivity index (χ3v) is 3.39. The van der Waals surface area contributed by atoms with Crippen molar-refractivity contribution >= 4 is 22.6 Å². The molecule has 0 spiro atoms. The summed E-state index contributed by atoms with van der Waals surface area (Å²) in [6, 6.07) is 1.62. The molecule has 0 aliphatic carbocycles. The summed E-state index contributed by atoms with van der Waals surface area (Å²) in [5, 5.41) is 0. The number of aromatic nitrogens is 4. The van der Waals surface area contributed by atoms with E-state index in [1.54, 1.807) is 13.0 Å². The van der Waals surface area contributed by atoms with Crippen molar-refractivity contribution in [1.82, 2.24) is 19.9 Å². The largest absolute Gasteiger partial charge is 0.481 e. The van der Waals surface area contributed by atoms with Crippen LogP contribution >= 0.6 is 22.6 Å². The van der Waals surface area contributed by atoms with Gasteiger partial charge in [0.1, 0.15) is 12.0 Å². The molecule has 0 fully saturated rings. The summed E-state index contributed by atoms with van der Waals surface area (Å²) in [6.45, 7) is 1.78. The van der Waals surface area contributed by atoms with Crippen molar-refractivity contribution in [2.24, 2.45) is 0 Å². The van der Waals surface area contributed by atoms with Crippen LogP contribution in [0.25, 0.3) is 11.5 Å². The maximum Gasteiger partial charge on any atom is 0.264 e. The first-order chi connectivity index (χ1) is 8.11. The Morgan fingerprint density at radius 1 is 1.41 bits per heavy atom. The molecule has 17 heavy (non-hydrogen) atoms. The molecule has 88 valence electrons. The van der Waals surface area contributed by atoms with Crippen LogP contribution in [0.5, 0.6) is 5.88 Å². The van der Waals surface area contributed by atoms with Gasteiger partial charge in [-0.25, -0.2) is 15.0 Å². The topological polar surface area (TPSA) is 80.8 Å². The highest BCUT2D eigenvalue weighted by Crippen LogP contribution is 2.15. The van der Waals surface area contributed by atoms with E-state index in [0.29, 0.717) is 26.7 Å². The van der Waals surface area contributed by atoms with Gasteiger partial charge in [0.2, 0.25) is 5.88 Å². The number of rotatable bonds is 2. The van der Waals surface area contributed by atoms with Crippen LogP contribution in [0.4, 0.5) is 0 Å². The number of aromatic amines is 1. The van der Waals surface area contributed by atoms with Crippen LogP contribution in [0.3, 0.4) is 0 Å². The van der Waals surface area contributed by atoms with E-state index in [1.807, 2.05) is 22.6 Å². The summed E-state index contributed by atoms with van der Waals surface area (Å²) in [6.07, 6.45) is 1.36. The molecular formula is C10H9IN4O2. The highest BCUT2D eigenvalue weighted by molar-refractivity contribution is 14.1. The summed E-state index contributed by atoms with van der Waals surface area (Å²) in [7, 11) is 1.52. The van der Waals surface area contributed by atoms with Crippen LogP contribution in [-0.2, 0) is 0 Å². The molecule has 2 heterocycles. The molecule has 1 N–H and O–H groups in total. The van der Waals surface area contributed by atoms with E-state index in [0.717, 1.165) is 0 Å². The summed E-state index contributed by atoms with van der Waals surface area (Å²) in [5.74, 6) is 0.836. The first kappa shape index (κ1) is 12.0. The lowest BCUT2D eigenvalue weighted by Crippen LogP contribution is -2.15. The number of aryl methyl sites for hydroxylation is 1. The quantitative estimate of drug-likeness (QED) is 0.827. The van der Waals surface area contributed by atoms with Crippen LogP contribution < -0.4 is 10.3 Å². The van der Waals surface area contributed by atoms with Crippen LogP contribution in [-0.4, -0.2) is 27.0 Å². The number of halogens is 1. The molecule has 2 aromatic rings. The molecule has 0 aliphatic rings. The number of ether oxygens (including phenoxy) is 1. The van der Waals surface area contributed by atoms with Gasteiger partial charge in [-0.2, -0.15) is 0 Å². The summed E-state index contributed by atoms with van der Waals surface area (Å²) < 4.78 is 5.56. The van der Waals surface area contributed by atoms with Gasteiger partial charge in [0, 0.05) is 6.07 Å². The number of hydrogen-bond acceptors (Lipinski definition) is 5. The normalized spacial score (nSPS) is 10.3. The predicted molar refractivity (Wildman–Crippen MR) is 69.9 cm³/mol. The Morgan fingerprint density at radius 3 is 2.82 bits per heavy atom. The zero-order chi connectivity index (χ0) is 12.4. The van der Waals surface area contributed by atoms with Gasteiger partial charge in [0.05, 0.1) is 16.4 Å². The Balaban J connectivity index is 2.56. The Morgan fingerprint density at radius 2 is 2.18 bits per heavy atom. The minimum atomic E-state index is -0.175. The molecule has 0 amide bonds. The van der Waals surface area contributed by atoms with E-state index >= 15 is 0 Å². The minimum absolute atomic E-state index is 0.175. The first-order valence-corrected chi connectivity index (χ1v) is 5.82. The fourth-order valence-corrected chi connectivity index (χ4v) is 1.53. The molecule has 2 rings (SSSR count). The van der Waals surface area contributed by atoms with E-state index in [2.05, 4.69) is 19.9 Å². The number of nitrogens with zero attached hydrogens (tertiary/aromatic N) is 3. The van der Waals surface area contributed by atoms with Crippen molar-refractivity contribution in [2.45, 2.75) is 6.92 Å². The standard InChI is InChI=1S/C10H9IN4O2/c1-5-8(11)10(16)15-9(14-5)6-3-7(17-2)13-4-12-6/h3-4H,1-2H3,(H,14,15,16). The number of hydrogen-bond donors (Lipinski definition) is 1. The van der Waals surface area contributed by atoms with Crippen LogP contribution in [0.2, 0.25) is 0 Å². The van der Waals surface area contributed by atoms with E-state index in [9.17, 15) is 4.79 Å². The van der Waals surface area contributed by atoms with Crippen molar-refractivity contribution < 1.29 is 4.74 Å². The molecule has 2 aromatic heterocycles.